The molecular weight excluding hydrogens is 337 g/mol. The van der Waals surface area contributed by atoms with Crippen LogP contribution < -0.4 is 5.32 Å². The third-order valence-electron chi connectivity index (χ3n) is 4.65. The second kappa shape index (κ2) is 6.51. The minimum absolute atomic E-state index is 0.225. The zero-order valence-electron chi connectivity index (χ0n) is 13.0. The van der Waals surface area contributed by atoms with E-state index in [1.807, 2.05) is 24.3 Å². The largest absolute Gasteiger partial charge is 0.377 e. The van der Waals surface area contributed by atoms with E-state index in [-0.39, 0.29) is 12.0 Å². The first kappa shape index (κ1) is 15.6. The van der Waals surface area contributed by atoms with Gasteiger partial charge in [-0.2, -0.15) is 0 Å². The number of halogens is 2. The number of benzene rings is 3. The molecular formula is C21H17Cl2N. The van der Waals surface area contributed by atoms with Crippen molar-refractivity contribution in [2.24, 2.45) is 0 Å². The molecule has 24 heavy (non-hydrogen) atoms. The lowest BCUT2D eigenvalue weighted by Crippen LogP contribution is -2.22. The predicted octanol–water partition coefficient (Wildman–Crippen LogP) is 6.68. The summed E-state index contributed by atoms with van der Waals surface area (Å²) in [5.41, 5.74) is 4.73. The van der Waals surface area contributed by atoms with Gasteiger partial charge in [-0.05, 0) is 35.2 Å². The lowest BCUT2D eigenvalue weighted by molar-refractivity contribution is 0.603. The summed E-state index contributed by atoms with van der Waals surface area (Å²) in [7, 11) is 0. The normalized spacial score (nSPS) is 19.4. The summed E-state index contributed by atoms with van der Waals surface area (Å²) in [6, 6.07) is 25.2. The second-order valence-corrected chi connectivity index (χ2v) is 7.00. The van der Waals surface area contributed by atoms with Gasteiger partial charge in [0, 0.05) is 10.9 Å². The first-order valence-electron chi connectivity index (χ1n) is 8.08. The highest BCUT2D eigenvalue weighted by Crippen LogP contribution is 2.47. The summed E-state index contributed by atoms with van der Waals surface area (Å²) in [6.07, 6.45) is 0.970. The van der Waals surface area contributed by atoms with Gasteiger partial charge in [0.25, 0.3) is 0 Å². The maximum atomic E-state index is 6.51. The van der Waals surface area contributed by atoms with Crippen LogP contribution in [-0.4, -0.2) is 0 Å². The van der Waals surface area contributed by atoms with Crippen molar-refractivity contribution in [3.8, 4) is 0 Å². The Morgan fingerprint density at radius 1 is 0.792 bits per heavy atom. The molecule has 1 nitrogen and oxygen atoms in total. The first-order chi connectivity index (χ1) is 11.7. The van der Waals surface area contributed by atoms with Crippen LogP contribution in [0.2, 0.25) is 10.0 Å². The van der Waals surface area contributed by atoms with Gasteiger partial charge in [0.15, 0.2) is 0 Å². The Bertz CT molecular complexity index is 846. The smallest absolute Gasteiger partial charge is 0.0655 e. The summed E-state index contributed by atoms with van der Waals surface area (Å²) in [5.74, 6) is 0.267. The maximum absolute atomic E-state index is 6.51. The first-order valence-corrected chi connectivity index (χ1v) is 8.83. The Balaban J connectivity index is 1.84. The molecule has 1 heterocycles. The molecule has 3 heteroatoms. The number of hydrogen-bond donors (Lipinski definition) is 1. The highest BCUT2D eigenvalue weighted by atomic mass is 35.5. The van der Waals surface area contributed by atoms with Gasteiger partial charge in [-0.1, -0.05) is 83.9 Å². The molecule has 0 bridgehead atoms. The minimum atomic E-state index is 0.225. The monoisotopic (exact) mass is 353 g/mol. The van der Waals surface area contributed by atoms with Crippen LogP contribution in [0.4, 0.5) is 5.69 Å². The molecule has 0 amide bonds. The Morgan fingerprint density at radius 2 is 1.42 bits per heavy atom. The standard InChI is InChI=1S/C21H17Cl2N/c22-16-11-18-17(14-7-3-1-4-8-14)13-20(15-9-5-2-6-10-15)24-21(18)19(23)12-16/h1-12,17,20,24H,13H2. The van der Waals surface area contributed by atoms with E-state index in [9.17, 15) is 0 Å². The molecule has 120 valence electrons. The molecule has 2 atom stereocenters. The second-order valence-electron chi connectivity index (χ2n) is 6.16. The van der Waals surface area contributed by atoms with Crippen molar-refractivity contribution in [2.45, 2.75) is 18.4 Å². The third kappa shape index (κ3) is 2.90. The number of nitrogens with one attached hydrogen (secondary N) is 1. The average Bonchev–Trinajstić information content (AvgIpc) is 2.62. The Kier molecular flexibility index (Phi) is 4.22. The minimum Gasteiger partial charge on any atom is -0.377 e. The SMILES string of the molecule is Clc1cc(Cl)c2c(c1)C(c1ccccc1)CC(c1ccccc1)N2. The molecule has 3 aromatic carbocycles. The summed E-state index contributed by atoms with van der Waals surface area (Å²) >= 11 is 12.8. The lowest BCUT2D eigenvalue weighted by Gasteiger charge is -2.34. The Morgan fingerprint density at radius 3 is 2.08 bits per heavy atom. The van der Waals surface area contributed by atoms with E-state index in [2.05, 4.69) is 53.8 Å². The molecule has 3 aromatic rings. The van der Waals surface area contributed by atoms with Crippen LogP contribution in [0.15, 0.2) is 72.8 Å². The van der Waals surface area contributed by atoms with Crippen LogP contribution in [0.1, 0.15) is 35.1 Å². The summed E-state index contributed by atoms with van der Waals surface area (Å²) in [5, 5.41) is 4.98. The van der Waals surface area contributed by atoms with Crippen LogP contribution in [0.25, 0.3) is 0 Å². The molecule has 0 saturated carbocycles. The van der Waals surface area contributed by atoms with Crippen LogP contribution in [-0.2, 0) is 0 Å². The molecule has 1 N–H and O–H groups in total. The van der Waals surface area contributed by atoms with Crippen LogP contribution >= 0.6 is 23.2 Å². The van der Waals surface area contributed by atoms with Crippen LogP contribution in [0, 0.1) is 0 Å². The van der Waals surface area contributed by atoms with Crippen LogP contribution in [0.3, 0.4) is 0 Å². The predicted molar refractivity (Wildman–Crippen MR) is 102 cm³/mol. The number of rotatable bonds is 2. The van der Waals surface area contributed by atoms with E-state index >= 15 is 0 Å². The van der Waals surface area contributed by atoms with Crippen molar-refractivity contribution in [1.29, 1.82) is 0 Å². The number of hydrogen-bond acceptors (Lipinski definition) is 1. The average molecular weight is 354 g/mol. The zero-order valence-corrected chi connectivity index (χ0v) is 14.6. The van der Waals surface area contributed by atoms with Gasteiger partial charge in [-0.3, -0.25) is 0 Å². The van der Waals surface area contributed by atoms with E-state index in [0.717, 1.165) is 12.1 Å². The van der Waals surface area contributed by atoms with E-state index < -0.39 is 0 Å². The summed E-state index contributed by atoms with van der Waals surface area (Å²) in [6.45, 7) is 0. The highest BCUT2D eigenvalue weighted by molar-refractivity contribution is 6.36. The van der Waals surface area contributed by atoms with E-state index in [0.29, 0.717) is 10.0 Å². The highest BCUT2D eigenvalue weighted by Gasteiger charge is 2.30. The van der Waals surface area contributed by atoms with Crippen LogP contribution in [0.5, 0.6) is 0 Å². The third-order valence-corrected chi connectivity index (χ3v) is 5.17. The van der Waals surface area contributed by atoms with Gasteiger partial charge in [0.2, 0.25) is 0 Å². The molecule has 1 aliphatic rings. The van der Waals surface area contributed by atoms with Crippen molar-refractivity contribution in [2.75, 3.05) is 5.32 Å². The van der Waals surface area contributed by atoms with Crippen molar-refractivity contribution < 1.29 is 0 Å². The van der Waals surface area contributed by atoms with Crippen molar-refractivity contribution in [3.05, 3.63) is 99.5 Å². The van der Waals surface area contributed by atoms with Gasteiger partial charge >= 0.3 is 0 Å². The summed E-state index contributed by atoms with van der Waals surface area (Å²) in [4.78, 5) is 0. The molecule has 0 aliphatic carbocycles. The molecule has 0 fully saturated rings. The lowest BCUT2D eigenvalue weighted by atomic mass is 9.80. The van der Waals surface area contributed by atoms with Crippen molar-refractivity contribution in [3.63, 3.8) is 0 Å². The van der Waals surface area contributed by atoms with E-state index in [1.165, 1.54) is 16.7 Å². The van der Waals surface area contributed by atoms with Gasteiger partial charge in [0.1, 0.15) is 0 Å². The topological polar surface area (TPSA) is 12.0 Å². The van der Waals surface area contributed by atoms with Gasteiger partial charge in [-0.15, -0.1) is 0 Å². The zero-order chi connectivity index (χ0) is 16.5. The fraction of sp³-hybridized carbons (Fsp3) is 0.143. The maximum Gasteiger partial charge on any atom is 0.0655 e. The van der Waals surface area contributed by atoms with Gasteiger partial charge in [0.05, 0.1) is 16.8 Å². The molecule has 0 saturated heterocycles. The fourth-order valence-corrected chi connectivity index (χ4v) is 4.09. The van der Waals surface area contributed by atoms with E-state index in [4.69, 9.17) is 23.2 Å². The summed E-state index contributed by atoms with van der Waals surface area (Å²) < 4.78 is 0. The fourth-order valence-electron chi connectivity index (χ4n) is 3.52. The Labute approximate surface area is 152 Å². The van der Waals surface area contributed by atoms with Crippen molar-refractivity contribution in [1.82, 2.24) is 0 Å². The van der Waals surface area contributed by atoms with E-state index in [1.54, 1.807) is 0 Å². The molecule has 4 rings (SSSR count). The van der Waals surface area contributed by atoms with Gasteiger partial charge < -0.3 is 5.32 Å². The molecule has 0 spiro atoms. The molecule has 1 aliphatic heterocycles. The molecule has 0 radical (unpaired) electrons. The van der Waals surface area contributed by atoms with Crippen molar-refractivity contribution >= 4 is 28.9 Å². The Hall–Kier alpha value is -1.96. The molecule has 0 aromatic heterocycles. The quantitative estimate of drug-likeness (QED) is 0.541. The molecule has 2 unspecified atom stereocenters. The number of fused-ring (bicyclic) bond motifs is 1. The van der Waals surface area contributed by atoms with Gasteiger partial charge in [-0.25, -0.2) is 0 Å². The number of anilines is 1.